The van der Waals surface area contributed by atoms with Gasteiger partial charge in [0.05, 0.1) is 6.54 Å². The SMILES string of the molecule is C[C@H]1Cn2c(nnc2-c2cc(I)ccn2)CN1. The van der Waals surface area contributed by atoms with Crippen molar-refractivity contribution in [2.45, 2.75) is 26.1 Å². The van der Waals surface area contributed by atoms with E-state index >= 15 is 0 Å². The number of pyridine rings is 1. The van der Waals surface area contributed by atoms with Crippen LogP contribution in [0.25, 0.3) is 11.5 Å². The number of nitrogens with one attached hydrogen (secondary N) is 1. The topological polar surface area (TPSA) is 55.6 Å². The molecule has 0 unspecified atom stereocenters. The molecule has 1 atom stereocenters. The standard InChI is InChI=1S/C11H12IN5/c1-7-6-17-10(5-14-7)15-16-11(17)9-4-8(12)2-3-13-9/h2-4,7,14H,5-6H2,1H3/t7-/m0/s1. The molecule has 1 N–H and O–H groups in total. The molecule has 0 radical (unpaired) electrons. The molecule has 1 aliphatic heterocycles. The molecule has 0 aromatic carbocycles. The van der Waals surface area contributed by atoms with Gasteiger partial charge < -0.3 is 9.88 Å². The molecule has 0 saturated carbocycles. The minimum Gasteiger partial charge on any atom is -0.307 e. The van der Waals surface area contributed by atoms with Crippen LogP contribution >= 0.6 is 22.6 Å². The quantitative estimate of drug-likeness (QED) is 0.798. The Bertz CT molecular complexity index is 551. The maximum absolute atomic E-state index is 4.37. The summed E-state index contributed by atoms with van der Waals surface area (Å²) in [6.07, 6.45) is 1.81. The van der Waals surface area contributed by atoms with Gasteiger partial charge in [-0.2, -0.15) is 0 Å². The van der Waals surface area contributed by atoms with Crippen LogP contribution in [0.5, 0.6) is 0 Å². The van der Waals surface area contributed by atoms with Gasteiger partial charge in [0.2, 0.25) is 0 Å². The molecule has 6 heteroatoms. The summed E-state index contributed by atoms with van der Waals surface area (Å²) >= 11 is 2.28. The summed E-state index contributed by atoms with van der Waals surface area (Å²) in [6.45, 7) is 3.83. The highest BCUT2D eigenvalue weighted by atomic mass is 127. The molecule has 5 nitrogen and oxygen atoms in total. The fourth-order valence-corrected chi connectivity index (χ4v) is 2.43. The summed E-state index contributed by atoms with van der Waals surface area (Å²) in [6, 6.07) is 4.45. The van der Waals surface area contributed by atoms with E-state index < -0.39 is 0 Å². The summed E-state index contributed by atoms with van der Waals surface area (Å²) in [4.78, 5) is 4.37. The van der Waals surface area contributed by atoms with Crippen LogP contribution < -0.4 is 5.32 Å². The zero-order valence-corrected chi connectivity index (χ0v) is 11.5. The summed E-state index contributed by atoms with van der Waals surface area (Å²) in [5.41, 5.74) is 0.893. The van der Waals surface area contributed by atoms with Gasteiger partial charge in [-0.1, -0.05) is 0 Å². The van der Waals surface area contributed by atoms with Crippen molar-refractivity contribution in [2.24, 2.45) is 0 Å². The van der Waals surface area contributed by atoms with Crippen molar-refractivity contribution < 1.29 is 0 Å². The van der Waals surface area contributed by atoms with Crippen LogP contribution in [0.2, 0.25) is 0 Å². The molecule has 1 aliphatic rings. The molecular formula is C11H12IN5. The van der Waals surface area contributed by atoms with Crippen LogP contribution in [0, 0.1) is 3.57 Å². The van der Waals surface area contributed by atoms with Gasteiger partial charge >= 0.3 is 0 Å². The Balaban J connectivity index is 2.07. The number of halogens is 1. The van der Waals surface area contributed by atoms with Crippen molar-refractivity contribution in [1.29, 1.82) is 0 Å². The Labute approximate surface area is 113 Å². The van der Waals surface area contributed by atoms with Crippen molar-refractivity contribution >= 4 is 22.6 Å². The molecule has 2 aromatic heterocycles. The fourth-order valence-electron chi connectivity index (χ4n) is 1.98. The van der Waals surface area contributed by atoms with Gasteiger partial charge in [-0.05, 0) is 41.6 Å². The molecule has 17 heavy (non-hydrogen) atoms. The summed E-state index contributed by atoms with van der Waals surface area (Å²) in [5.74, 6) is 1.85. The highest BCUT2D eigenvalue weighted by Crippen LogP contribution is 2.20. The molecular weight excluding hydrogens is 329 g/mol. The third-order valence-electron chi connectivity index (χ3n) is 2.84. The molecule has 3 heterocycles. The van der Waals surface area contributed by atoms with Gasteiger partial charge in [0.25, 0.3) is 0 Å². The number of hydrogen-bond donors (Lipinski definition) is 1. The first kappa shape index (κ1) is 11.1. The Hall–Kier alpha value is -1.02. The van der Waals surface area contributed by atoms with Crippen molar-refractivity contribution in [2.75, 3.05) is 0 Å². The average molecular weight is 341 g/mol. The van der Waals surface area contributed by atoms with Gasteiger partial charge in [0, 0.05) is 22.4 Å². The Morgan fingerprint density at radius 3 is 3.18 bits per heavy atom. The number of fused-ring (bicyclic) bond motifs is 1. The van der Waals surface area contributed by atoms with E-state index in [1.807, 2.05) is 18.3 Å². The lowest BCUT2D eigenvalue weighted by Crippen LogP contribution is -2.36. The number of aromatic nitrogens is 4. The maximum Gasteiger partial charge on any atom is 0.182 e. The molecule has 0 aliphatic carbocycles. The van der Waals surface area contributed by atoms with Crippen molar-refractivity contribution in [3.63, 3.8) is 0 Å². The number of hydrogen-bond acceptors (Lipinski definition) is 4. The first-order valence-electron chi connectivity index (χ1n) is 5.51. The second-order valence-electron chi connectivity index (χ2n) is 4.19. The van der Waals surface area contributed by atoms with Crippen molar-refractivity contribution in [3.05, 3.63) is 27.7 Å². The van der Waals surface area contributed by atoms with Gasteiger partial charge in [-0.3, -0.25) is 4.98 Å². The van der Waals surface area contributed by atoms with Crippen LogP contribution in [0.15, 0.2) is 18.3 Å². The van der Waals surface area contributed by atoms with E-state index in [2.05, 4.69) is 54.6 Å². The normalized spacial score (nSPS) is 19.1. The van der Waals surface area contributed by atoms with Gasteiger partial charge in [0.1, 0.15) is 11.5 Å². The first-order chi connectivity index (χ1) is 8.24. The van der Waals surface area contributed by atoms with E-state index in [1.54, 1.807) is 0 Å². The van der Waals surface area contributed by atoms with E-state index in [0.717, 1.165) is 34.0 Å². The molecule has 3 rings (SSSR count). The van der Waals surface area contributed by atoms with Crippen LogP contribution in [0.1, 0.15) is 12.7 Å². The van der Waals surface area contributed by atoms with Gasteiger partial charge in [0.15, 0.2) is 5.82 Å². The zero-order chi connectivity index (χ0) is 11.8. The van der Waals surface area contributed by atoms with E-state index in [1.165, 1.54) is 0 Å². The largest absolute Gasteiger partial charge is 0.307 e. The van der Waals surface area contributed by atoms with E-state index in [9.17, 15) is 0 Å². The molecule has 88 valence electrons. The second kappa shape index (κ2) is 4.34. The lowest BCUT2D eigenvalue weighted by Gasteiger charge is -2.22. The number of nitrogens with zero attached hydrogens (tertiary/aromatic N) is 4. The highest BCUT2D eigenvalue weighted by molar-refractivity contribution is 14.1. The van der Waals surface area contributed by atoms with Crippen LogP contribution in [-0.4, -0.2) is 25.8 Å². The van der Waals surface area contributed by atoms with E-state index in [-0.39, 0.29) is 0 Å². The molecule has 0 saturated heterocycles. The van der Waals surface area contributed by atoms with Crippen LogP contribution in [0.4, 0.5) is 0 Å². The Kier molecular flexibility index (Phi) is 2.83. The highest BCUT2D eigenvalue weighted by Gasteiger charge is 2.20. The third-order valence-corrected chi connectivity index (χ3v) is 3.51. The maximum atomic E-state index is 4.37. The summed E-state index contributed by atoms with van der Waals surface area (Å²) in [7, 11) is 0. The minimum atomic E-state index is 0.444. The Morgan fingerprint density at radius 1 is 1.47 bits per heavy atom. The molecule has 0 fully saturated rings. The molecule has 0 spiro atoms. The van der Waals surface area contributed by atoms with E-state index in [0.29, 0.717) is 6.04 Å². The predicted molar refractivity (Wildman–Crippen MR) is 72.3 cm³/mol. The lowest BCUT2D eigenvalue weighted by atomic mass is 10.2. The average Bonchev–Trinajstić information content (AvgIpc) is 2.71. The summed E-state index contributed by atoms with van der Waals surface area (Å²) in [5, 5.41) is 11.8. The lowest BCUT2D eigenvalue weighted by molar-refractivity contribution is 0.412. The monoisotopic (exact) mass is 341 g/mol. The minimum absolute atomic E-state index is 0.444. The molecule has 2 aromatic rings. The van der Waals surface area contributed by atoms with Gasteiger partial charge in [-0.15, -0.1) is 10.2 Å². The fraction of sp³-hybridized carbons (Fsp3) is 0.364. The zero-order valence-electron chi connectivity index (χ0n) is 9.39. The van der Waals surface area contributed by atoms with Gasteiger partial charge in [-0.25, -0.2) is 0 Å². The predicted octanol–water partition coefficient (Wildman–Crippen LogP) is 1.44. The smallest absolute Gasteiger partial charge is 0.182 e. The van der Waals surface area contributed by atoms with E-state index in [4.69, 9.17) is 0 Å². The number of rotatable bonds is 1. The van der Waals surface area contributed by atoms with Crippen molar-refractivity contribution in [3.8, 4) is 11.5 Å². The third kappa shape index (κ3) is 2.06. The molecule has 0 amide bonds. The van der Waals surface area contributed by atoms with Crippen molar-refractivity contribution in [1.82, 2.24) is 25.1 Å². The van der Waals surface area contributed by atoms with Crippen LogP contribution in [-0.2, 0) is 13.1 Å². The molecule has 0 bridgehead atoms. The first-order valence-corrected chi connectivity index (χ1v) is 6.59. The summed E-state index contributed by atoms with van der Waals surface area (Å²) < 4.78 is 3.31. The second-order valence-corrected chi connectivity index (χ2v) is 5.44. The Morgan fingerprint density at radius 2 is 2.35 bits per heavy atom. The van der Waals surface area contributed by atoms with Crippen LogP contribution in [0.3, 0.4) is 0 Å².